The Morgan fingerprint density at radius 1 is 1.28 bits per heavy atom. The number of nitrogens with two attached hydrogens (primary N) is 1. The van der Waals surface area contributed by atoms with Crippen LogP contribution in [-0.4, -0.2) is 20.9 Å². The van der Waals surface area contributed by atoms with Crippen molar-refractivity contribution in [3.63, 3.8) is 0 Å². The van der Waals surface area contributed by atoms with Gasteiger partial charge in [0.25, 0.3) is 15.9 Å². The Balaban J connectivity index is 2.06. The van der Waals surface area contributed by atoms with Gasteiger partial charge in [-0.1, -0.05) is 13.0 Å². The van der Waals surface area contributed by atoms with E-state index in [2.05, 4.69) is 5.32 Å². The molecule has 0 aliphatic carbocycles. The molecular formula is C17H22N2O5S. The molecule has 0 radical (unpaired) electrons. The first-order valence-corrected chi connectivity index (χ1v) is 9.40. The lowest BCUT2D eigenvalue weighted by Crippen LogP contribution is -2.23. The standard InChI is InChI=1S/C17H22N2O5S/c1-4-7-23-14-6-5-13(11(2)8-14)10-19-17(20)15-9-16(24-12(15)3)25(18,21)22/h5-6,8-9H,4,7,10H2,1-3H3,(H,19,20)(H2,18,21,22). The lowest BCUT2D eigenvalue weighted by Gasteiger charge is -2.10. The van der Waals surface area contributed by atoms with E-state index in [1.54, 1.807) is 0 Å². The smallest absolute Gasteiger partial charge is 0.271 e. The summed E-state index contributed by atoms with van der Waals surface area (Å²) in [7, 11) is -3.98. The van der Waals surface area contributed by atoms with Crippen LogP contribution in [-0.2, 0) is 16.6 Å². The lowest BCUT2D eigenvalue weighted by atomic mass is 10.1. The fourth-order valence-electron chi connectivity index (χ4n) is 2.27. The Morgan fingerprint density at radius 2 is 2.00 bits per heavy atom. The summed E-state index contributed by atoms with van der Waals surface area (Å²) in [5.74, 6) is 0.557. The molecule has 3 N–H and O–H groups in total. The third kappa shape index (κ3) is 4.83. The van der Waals surface area contributed by atoms with Gasteiger partial charge in [-0.2, -0.15) is 0 Å². The van der Waals surface area contributed by atoms with Gasteiger partial charge in [-0.25, -0.2) is 13.6 Å². The van der Waals surface area contributed by atoms with Gasteiger partial charge >= 0.3 is 0 Å². The van der Waals surface area contributed by atoms with Gasteiger partial charge in [0.2, 0.25) is 5.09 Å². The van der Waals surface area contributed by atoms with Gasteiger partial charge in [-0.15, -0.1) is 0 Å². The number of nitrogens with one attached hydrogen (secondary N) is 1. The summed E-state index contributed by atoms with van der Waals surface area (Å²) >= 11 is 0. The summed E-state index contributed by atoms with van der Waals surface area (Å²) in [5.41, 5.74) is 2.07. The van der Waals surface area contributed by atoms with E-state index < -0.39 is 21.0 Å². The molecule has 1 aromatic heterocycles. The molecule has 136 valence electrons. The maximum Gasteiger partial charge on any atom is 0.271 e. The SMILES string of the molecule is CCCOc1ccc(CNC(=O)c2cc(S(N)(=O)=O)oc2C)c(C)c1. The number of benzene rings is 1. The van der Waals surface area contributed by atoms with Crippen LogP contribution in [0.2, 0.25) is 0 Å². The number of rotatable bonds is 7. The van der Waals surface area contributed by atoms with Gasteiger partial charge < -0.3 is 14.5 Å². The number of amides is 1. The van der Waals surface area contributed by atoms with E-state index >= 15 is 0 Å². The van der Waals surface area contributed by atoms with Crippen LogP contribution >= 0.6 is 0 Å². The van der Waals surface area contributed by atoms with Crippen LogP contribution in [0.3, 0.4) is 0 Å². The van der Waals surface area contributed by atoms with Crippen molar-refractivity contribution in [3.8, 4) is 5.75 Å². The molecule has 0 aliphatic rings. The predicted octanol–water partition coefficient (Wildman–Crippen LogP) is 2.26. The molecule has 0 saturated heterocycles. The first-order valence-electron chi connectivity index (χ1n) is 7.86. The first-order chi connectivity index (χ1) is 11.7. The molecule has 2 aromatic rings. The third-order valence-corrected chi connectivity index (χ3v) is 4.41. The summed E-state index contributed by atoms with van der Waals surface area (Å²) in [5, 5.41) is 7.33. The maximum atomic E-state index is 12.3. The van der Waals surface area contributed by atoms with E-state index in [4.69, 9.17) is 14.3 Å². The minimum atomic E-state index is -3.98. The van der Waals surface area contributed by atoms with Gasteiger partial charge in [0, 0.05) is 12.6 Å². The summed E-state index contributed by atoms with van der Waals surface area (Å²) < 4.78 is 33.2. The Labute approximate surface area is 147 Å². The molecule has 1 heterocycles. The third-order valence-electron chi connectivity index (χ3n) is 3.65. The number of ether oxygens (including phenoxy) is 1. The number of aryl methyl sites for hydroxylation is 2. The lowest BCUT2D eigenvalue weighted by molar-refractivity contribution is 0.0949. The monoisotopic (exact) mass is 366 g/mol. The Morgan fingerprint density at radius 3 is 2.56 bits per heavy atom. The van der Waals surface area contributed by atoms with E-state index in [9.17, 15) is 13.2 Å². The number of primary sulfonamides is 1. The van der Waals surface area contributed by atoms with Crippen LogP contribution in [0.1, 0.15) is 40.6 Å². The molecule has 1 amide bonds. The van der Waals surface area contributed by atoms with Crippen molar-refractivity contribution in [3.05, 3.63) is 46.7 Å². The topological polar surface area (TPSA) is 112 Å². The van der Waals surface area contributed by atoms with Gasteiger partial charge in [-0.05, 0) is 43.5 Å². The zero-order valence-electron chi connectivity index (χ0n) is 14.5. The number of sulfonamides is 1. The molecule has 2 rings (SSSR count). The van der Waals surface area contributed by atoms with Crippen molar-refractivity contribution in [2.45, 2.75) is 38.8 Å². The van der Waals surface area contributed by atoms with Crippen LogP contribution in [0.15, 0.2) is 33.8 Å². The zero-order valence-corrected chi connectivity index (χ0v) is 15.3. The van der Waals surface area contributed by atoms with Crippen LogP contribution < -0.4 is 15.2 Å². The quantitative estimate of drug-likeness (QED) is 0.781. The van der Waals surface area contributed by atoms with Gasteiger partial charge in [0.15, 0.2) is 0 Å². The fourth-order valence-corrected chi connectivity index (χ4v) is 2.79. The van der Waals surface area contributed by atoms with Crippen LogP contribution in [0, 0.1) is 13.8 Å². The molecule has 0 spiro atoms. The normalized spacial score (nSPS) is 11.4. The Kier molecular flexibility index (Phi) is 5.86. The average Bonchev–Trinajstić information content (AvgIpc) is 2.94. The number of carbonyl (C=O) groups is 1. The van der Waals surface area contributed by atoms with E-state index in [-0.39, 0.29) is 11.3 Å². The summed E-state index contributed by atoms with van der Waals surface area (Å²) in [6, 6.07) is 6.79. The highest BCUT2D eigenvalue weighted by molar-refractivity contribution is 7.89. The summed E-state index contributed by atoms with van der Waals surface area (Å²) in [4.78, 5) is 12.3. The highest BCUT2D eigenvalue weighted by Gasteiger charge is 2.20. The van der Waals surface area contributed by atoms with Crippen molar-refractivity contribution >= 4 is 15.9 Å². The molecular weight excluding hydrogens is 344 g/mol. The minimum Gasteiger partial charge on any atom is -0.494 e. The fraction of sp³-hybridized carbons (Fsp3) is 0.353. The molecule has 0 aliphatic heterocycles. The molecule has 0 saturated carbocycles. The molecule has 0 atom stereocenters. The van der Waals surface area contributed by atoms with Crippen molar-refractivity contribution in [2.75, 3.05) is 6.61 Å². The molecule has 0 unspecified atom stereocenters. The second-order valence-corrected chi connectivity index (χ2v) is 7.19. The highest BCUT2D eigenvalue weighted by Crippen LogP contribution is 2.20. The molecule has 8 heteroatoms. The zero-order chi connectivity index (χ0) is 18.6. The Bertz CT molecular complexity index is 871. The second-order valence-electron chi connectivity index (χ2n) is 5.70. The number of hydrogen-bond donors (Lipinski definition) is 2. The van der Waals surface area contributed by atoms with Crippen LogP contribution in [0.4, 0.5) is 0 Å². The van der Waals surface area contributed by atoms with Gasteiger partial charge in [-0.3, -0.25) is 4.79 Å². The number of furan rings is 1. The maximum absolute atomic E-state index is 12.3. The predicted molar refractivity (Wildman–Crippen MR) is 93.0 cm³/mol. The first kappa shape index (κ1) is 19.0. The molecule has 0 fully saturated rings. The molecule has 7 nitrogen and oxygen atoms in total. The number of carbonyl (C=O) groups excluding carboxylic acids is 1. The van der Waals surface area contributed by atoms with Gasteiger partial charge in [0.05, 0.1) is 12.2 Å². The largest absolute Gasteiger partial charge is 0.494 e. The van der Waals surface area contributed by atoms with E-state index in [0.29, 0.717) is 13.2 Å². The van der Waals surface area contributed by atoms with Crippen molar-refractivity contribution in [1.82, 2.24) is 5.32 Å². The van der Waals surface area contributed by atoms with Crippen molar-refractivity contribution < 1.29 is 22.4 Å². The summed E-state index contributed by atoms with van der Waals surface area (Å²) in [6.07, 6.45) is 0.932. The van der Waals surface area contributed by atoms with E-state index in [1.807, 2.05) is 32.0 Å². The average molecular weight is 366 g/mol. The van der Waals surface area contributed by atoms with E-state index in [0.717, 1.165) is 29.4 Å². The second kappa shape index (κ2) is 7.71. The van der Waals surface area contributed by atoms with Crippen molar-refractivity contribution in [2.24, 2.45) is 5.14 Å². The summed E-state index contributed by atoms with van der Waals surface area (Å²) in [6.45, 7) is 6.43. The van der Waals surface area contributed by atoms with E-state index in [1.165, 1.54) is 6.92 Å². The van der Waals surface area contributed by atoms with Crippen LogP contribution in [0.25, 0.3) is 0 Å². The van der Waals surface area contributed by atoms with Crippen LogP contribution in [0.5, 0.6) is 5.75 Å². The number of hydrogen-bond acceptors (Lipinski definition) is 5. The minimum absolute atomic E-state index is 0.143. The molecule has 25 heavy (non-hydrogen) atoms. The highest BCUT2D eigenvalue weighted by atomic mass is 32.2. The molecule has 1 aromatic carbocycles. The Hall–Kier alpha value is -2.32. The van der Waals surface area contributed by atoms with Crippen molar-refractivity contribution in [1.29, 1.82) is 0 Å². The molecule has 0 bridgehead atoms. The van der Waals surface area contributed by atoms with Gasteiger partial charge in [0.1, 0.15) is 11.5 Å².